The van der Waals surface area contributed by atoms with Gasteiger partial charge in [-0.2, -0.15) is 0 Å². The Hall–Kier alpha value is -2.78. The summed E-state index contributed by atoms with van der Waals surface area (Å²) in [7, 11) is 1.56. The molecule has 0 spiro atoms. The van der Waals surface area contributed by atoms with Crippen LogP contribution in [0.1, 0.15) is 24.8 Å². The van der Waals surface area contributed by atoms with E-state index in [0.717, 1.165) is 24.4 Å². The number of ether oxygens (including phenoxy) is 1. The largest absolute Gasteiger partial charge is 0.497 e. The fraction of sp³-hybridized carbons (Fsp3) is 0.407. The lowest BCUT2D eigenvalue weighted by Crippen LogP contribution is -2.44. The highest BCUT2D eigenvalue weighted by Crippen LogP contribution is 2.31. The lowest BCUT2D eigenvalue weighted by atomic mass is 9.81. The minimum atomic E-state index is -0.824. The van der Waals surface area contributed by atoms with Gasteiger partial charge >= 0.3 is 5.97 Å². The zero-order valence-electron chi connectivity index (χ0n) is 20.1. The van der Waals surface area contributed by atoms with E-state index in [0.29, 0.717) is 59.8 Å². The van der Waals surface area contributed by atoms with E-state index in [4.69, 9.17) is 4.74 Å². The van der Waals surface area contributed by atoms with Gasteiger partial charge in [0.1, 0.15) is 23.2 Å². The second-order valence-corrected chi connectivity index (χ2v) is 10.3. The smallest absolute Gasteiger partial charge is 0.308 e. The third kappa shape index (κ3) is 6.50. The highest BCUT2D eigenvalue weighted by atomic mass is 32.2. The van der Waals surface area contributed by atoms with E-state index in [1.54, 1.807) is 25.3 Å². The molecule has 192 valence electrons. The van der Waals surface area contributed by atoms with E-state index in [-0.39, 0.29) is 11.7 Å². The molecular weight excluding hydrogens is 489 g/mol. The van der Waals surface area contributed by atoms with Crippen LogP contribution in [-0.4, -0.2) is 53.5 Å². The molecule has 1 fully saturated rings. The Labute approximate surface area is 212 Å². The van der Waals surface area contributed by atoms with Gasteiger partial charge in [0.05, 0.1) is 24.7 Å². The summed E-state index contributed by atoms with van der Waals surface area (Å²) in [5.74, 6) is -1.66. The number of methoxy groups -OCH3 is 1. The Balaban J connectivity index is 1.32. The summed E-state index contributed by atoms with van der Waals surface area (Å²) in [5.41, 5.74) is 1.27. The van der Waals surface area contributed by atoms with Crippen molar-refractivity contribution in [3.63, 3.8) is 0 Å². The number of rotatable bonds is 10. The molecule has 1 saturated heterocycles. The molecule has 4 rings (SSSR count). The monoisotopic (exact) mass is 518 g/mol. The highest BCUT2D eigenvalue weighted by Gasteiger charge is 2.33. The molecule has 36 heavy (non-hydrogen) atoms. The zero-order chi connectivity index (χ0) is 25.7. The van der Waals surface area contributed by atoms with Crippen molar-refractivity contribution >= 4 is 28.6 Å². The molecule has 2 heterocycles. The van der Waals surface area contributed by atoms with Gasteiger partial charge in [-0.15, -0.1) is 11.8 Å². The molecule has 9 heteroatoms. The summed E-state index contributed by atoms with van der Waals surface area (Å²) >= 11 is 1.35. The molecule has 2 atom stereocenters. The third-order valence-electron chi connectivity index (χ3n) is 6.81. The van der Waals surface area contributed by atoms with Gasteiger partial charge in [0.2, 0.25) is 0 Å². The maximum absolute atomic E-state index is 14.6. The predicted molar refractivity (Wildman–Crippen MR) is 134 cm³/mol. The Morgan fingerprint density at radius 1 is 1.19 bits per heavy atom. The van der Waals surface area contributed by atoms with Crippen LogP contribution in [0.5, 0.6) is 5.75 Å². The van der Waals surface area contributed by atoms with Gasteiger partial charge in [0.25, 0.3) is 0 Å². The van der Waals surface area contributed by atoms with Gasteiger partial charge in [0.15, 0.2) is 0 Å². The molecule has 0 radical (unpaired) electrons. The lowest BCUT2D eigenvalue weighted by Gasteiger charge is -2.36. The molecule has 1 aromatic heterocycles. The summed E-state index contributed by atoms with van der Waals surface area (Å²) < 4.78 is 46.6. The number of carbonyl (C=O) groups is 1. The number of piperidine rings is 1. The Morgan fingerprint density at radius 3 is 2.69 bits per heavy atom. The van der Waals surface area contributed by atoms with Gasteiger partial charge in [-0.1, -0.05) is 0 Å². The molecule has 1 aliphatic rings. The first kappa shape index (κ1) is 26.3. The van der Waals surface area contributed by atoms with Crippen LogP contribution in [0, 0.1) is 29.3 Å². The summed E-state index contributed by atoms with van der Waals surface area (Å²) in [6, 6.07) is 8.81. The molecule has 3 aromatic rings. The van der Waals surface area contributed by atoms with Crippen molar-refractivity contribution in [2.45, 2.75) is 30.6 Å². The number of aliphatic carboxylic acids is 1. The number of thioether (sulfide) groups is 1. The van der Waals surface area contributed by atoms with Crippen molar-refractivity contribution in [1.29, 1.82) is 0 Å². The average Bonchev–Trinajstić information content (AvgIpc) is 2.85. The van der Waals surface area contributed by atoms with E-state index in [9.17, 15) is 23.1 Å². The molecule has 1 N–H and O–H groups in total. The topological polar surface area (TPSA) is 62.7 Å². The third-order valence-corrected chi connectivity index (χ3v) is 7.76. The fourth-order valence-corrected chi connectivity index (χ4v) is 5.90. The molecule has 0 unspecified atom stereocenters. The number of carboxylic acid groups (broad SMARTS) is 1. The van der Waals surface area contributed by atoms with Gasteiger partial charge in [-0.05, 0) is 74.0 Å². The van der Waals surface area contributed by atoms with Crippen molar-refractivity contribution in [2.75, 3.05) is 32.5 Å². The van der Waals surface area contributed by atoms with Crippen LogP contribution in [0.4, 0.5) is 13.2 Å². The second-order valence-electron chi connectivity index (χ2n) is 9.11. The minimum Gasteiger partial charge on any atom is -0.497 e. The first-order chi connectivity index (χ1) is 17.3. The van der Waals surface area contributed by atoms with Crippen LogP contribution in [-0.2, 0) is 11.2 Å². The molecule has 0 aliphatic carbocycles. The SMILES string of the molecule is COc1ccc2ncc(F)c(CCC[C@H]3CCN(CCSc4cc(F)cc(F)c4)C[C@H]3C(=O)O)c2c1. The highest BCUT2D eigenvalue weighted by molar-refractivity contribution is 7.99. The number of aromatic nitrogens is 1. The number of nitrogens with zero attached hydrogens (tertiary/aromatic N) is 2. The first-order valence-corrected chi connectivity index (χ1v) is 13.0. The number of hydrogen-bond donors (Lipinski definition) is 1. The van der Waals surface area contributed by atoms with Crippen LogP contribution in [0.15, 0.2) is 47.5 Å². The summed E-state index contributed by atoms with van der Waals surface area (Å²) in [6.45, 7) is 1.83. The van der Waals surface area contributed by atoms with Crippen molar-refractivity contribution in [3.05, 3.63) is 65.6 Å². The Kier molecular flexibility index (Phi) is 8.74. The first-order valence-electron chi connectivity index (χ1n) is 12.0. The van der Waals surface area contributed by atoms with Crippen LogP contribution >= 0.6 is 11.8 Å². The lowest BCUT2D eigenvalue weighted by molar-refractivity contribution is -0.146. The van der Waals surface area contributed by atoms with E-state index in [1.807, 2.05) is 0 Å². The molecule has 2 aromatic carbocycles. The van der Waals surface area contributed by atoms with Gasteiger partial charge in [0, 0.05) is 35.2 Å². The molecule has 0 amide bonds. The van der Waals surface area contributed by atoms with Crippen molar-refractivity contribution in [1.82, 2.24) is 9.88 Å². The van der Waals surface area contributed by atoms with E-state index < -0.39 is 23.5 Å². The standard InChI is InChI=1S/C27H29F3N2O3S/c1-35-20-5-6-26-23(14-20)22(25(30)15-31-26)4-2-3-17-7-8-32(16-24(17)27(33)34)9-10-36-21-12-18(28)11-19(29)13-21/h5-6,11-15,17,24H,2-4,7-10,16H2,1H3,(H,33,34)/t17-,24+/m0/s1. The molecule has 5 nitrogen and oxygen atoms in total. The van der Waals surface area contributed by atoms with Crippen LogP contribution < -0.4 is 4.74 Å². The van der Waals surface area contributed by atoms with Gasteiger partial charge < -0.3 is 14.7 Å². The number of aryl methyl sites for hydroxylation is 1. The normalized spacial score (nSPS) is 18.4. The number of benzene rings is 2. The van der Waals surface area contributed by atoms with E-state index >= 15 is 0 Å². The number of hydrogen-bond acceptors (Lipinski definition) is 5. The van der Waals surface area contributed by atoms with E-state index in [2.05, 4.69) is 9.88 Å². The predicted octanol–water partition coefficient (Wildman–Crippen LogP) is 5.80. The molecule has 0 saturated carbocycles. The molecule has 0 bridgehead atoms. The van der Waals surface area contributed by atoms with Crippen molar-refractivity contribution in [2.24, 2.45) is 11.8 Å². The number of fused-ring (bicyclic) bond motifs is 1. The maximum Gasteiger partial charge on any atom is 0.308 e. The number of pyridine rings is 1. The van der Waals surface area contributed by atoms with E-state index in [1.165, 1.54) is 30.1 Å². The quantitative estimate of drug-likeness (QED) is 0.343. The fourth-order valence-electron chi connectivity index (χ4n) is 4.93. The number of likely N-dealkylation sites (tertiary alicyclic amines) is 1. The molecule has 1 aliphatic heterocycles. The minimum absolute atomic E-state index is 0.00872. The van der Waals surface area contributed by atoms with Crippen LogP contribution in [0.2, 0.25) is 0 Å². The Morgan fingerprint density at radius 2 is 1.97 bits per heavy atom. The number of halogens is 3. The van der Waals surface area contributed by atoms with Crippen LogP contribution in [0.25, 0.3) is 10.9 Å². The van der Waals surface area contributed by atoms with Gasteiger partial charge in [-0.3, -0.25) is 9.78 Å². The second kappa shape index (κ2) is 12.0. The van der Waals surface area contributed by atoms with Crippen molar-refractivity contribution < 1.29 is 27.8 Å². The summed E-state index contributed by atoms with van der Waals surface area (Å²) in [5, 5.41) is 10.6. The zero-order valence-corrected chi connectivity index (χ0v) is 20.9. The van der Waals surface area contributed by atoms with Crippen molar-refractivity contribution in [3.8, 4) is 5.75 Å². The maximum atomic E-state index is 14.6. The van der Waals surface area contributed by atoms with Crippen LogP contribution in [0.3, 0.4) is 0 Å². The van der Waals surface area contributed by atoms with Gasteiger partial charge in [-0.25, -0.2) is 13.2 Å². The number of carboxylic acids is 1. The Bertz CT molecular complexity index is 1210. The average molecular weight is 519 g/mol. The molecular formula is C27H29F3N2O3S. The summed E-state index contributed by atoms with van der Waals surface area (Å²) in [4.78, 5) is 18.8. The summed E-state index contributed by atoms with van der Waals surface area (Å²) in [6.07, 6.45) is 3.83.